The van der Waals surface area contributed by atoms with Crippen molar-refractivity contribution in [2.24, 2.45) is 0 Å². The summed E-state index contributed by atoms with van der Waals surface area (Å²) < 4.78 is 14.4. The Hall–Kier alpha value is -2.78. The third-order valence-electron chi connectivity index (χ3n) is 5.15. The number of nitrogens with one attached hydrogen (secondary N) is 3. The Kier molecular flexibility index (Phi) is 6.39. The molecule has 0 bridgehead atoms. The molecule has 3 aromatic rings. The molecule has 0 unspecified atom stereocenters. The molecule has 0 aliphatic heterocycles. The first-order chi connectivity index (χ1) is 14.6. The van der Waals surface area contributed by atoms with E-state index in [0.717, 1.165) is 41.6 Å². The highest BCUT2D eigenvalue weighted by atomic mass is 32.1. The second-order valence-electron chi connectivity index (χ2n) is 7.39. The highest BCUT2D eigenvalue weighted by Gasteiger charge is 2.20. The van der Waals surface area contributed by atoms with Crippen LogP contribution in [0.2, 0.25) is 0 Å². The summed E-state index contributed by atoms with van der Waals surface area (Å²) >= 11 is 1.57. The highest BCUT2D eigenvalue weighted by Crippen LogP contribution is 2.28. The van der Waals surface area contributed by atoms with Crippen LogP contribution < -0.4 is 16.0 Å². The predicted molar refractivity (Wildman–Crippen MR) is 117 cm³/mol. The third-order valence-corrected chi connectivity index (χ3v) is 5.94. The Bertz CT molecular complexity index is 1020. The number of benzene rings is 1. The van der Waals surface area contributed by atoms with Crippen molar-refractivity contribution in [1.82, 2.24) is 15.3 Å². The molecule has 4 N–H and O–H groups in total. The number of amides is 1. The molecule has 1 aromatic carbocycles. The zero-order valence-corrected chi connectivity index (χ0v) is 17.2. The van der Waals surface area contributed by atoms with Gasteiger partial charge in [0.05, 0.1) is 40.1 Å². The number of halogens is 1. The van der Waals surface area contributed by atoms with Gasteiger partial charge in [-0.25, -0.2) is 14.4 Å². The zero-order chi connectivity index (χ0) is 20.9. The molecule has 1 saturated carbocycles. The summed E-state index contributed by atoms with van der Waals surface area (Å²) in [5, 5.41) is 18.1. The SMILES string of the molecule is O=C(NC[C@@H](F)CO)c1cnc(Nc2ccc3ncsc3c2)cc1NC1CCCC1. The van der Waals surface area contributed by atoms with Crippen LogP contribution in [-0.4, -0.2) is 46.3 Å². The molecule has 1 fully saturated rings. The number of aromatic nitrogens is 2. The first-order valence-corrected chi connectivity index (χ1v) is 10.9. The Morgan fingerprint density at radius 3 is 2.90 bits per heavy atom. The van der Waals surface area contributed by atoms with E-state index in [9.17, 15) is 9.18 Å². The number of aliphatic hydroxyl groups is 1. The van der Waals surface area contributed by atoms with Crippen molar-refractivity contribution in [1.29, 1.82) is 0 Å². The average Bonchev–Trinajstić information content (AvgIpc) is 3.43. The second kappa shape index (κ2) is 9.36. The van der Waals surface area contributed by atoms with E-state index >= 15 is 0 Å². The number of hydrogen-bond donors (Lipinski definition) is 4. The molecular formula is C21H24FN5O2S. The summed E-state index contributed by atoms with van der Waals surface area (Å²) in [7, 11) is 0. The lowest BCUT2D eigenvalue weighted by atomic mass is 10.1. The lowest BCUT2D eigenvalue weighted by molar-refractivity contribution is 0.0928. The van der Waals surface area contributed by atoms with Gasteiger partial charge in [-0.2, -0.15) is 0 Å². The Morgan fingerprint density at radius 1 is 1.27 bits per heavy atom. The molecule has 1 aliphatic rings. The van der Waals surface area contributed by atoms with Crippen molar-refractivity contribution >= 4 is 44.7 Å². The van der Waals surface area contributed by atoms with Gasteiger partial charge >= 0.3 is 0 Å². The standard InChI is InChI=1S/C21H24FN5O2S/c22-13(11-28)9-24-21(29)16-10-23-20(8-18(16)26-14-3-1-2-4-14)27-15-5-6-17-19(7-15)30-12-25-17/h5-8,10,12-14,28H,1-4,9,11H2,(H,24,29)(H2,23,26,27)/t13-/m1/s1. The molecule has 2 aromatic heterocycles. The summed E-state index contributed by atoms with van der Waals surface area (Å²) in [5.41, 5.74) is 4.66. The molecule has 30 heavy (non-hydrogen) atoms. The number of carbonyl (C=O) groups excluding carboxylic acids is 1. The van der Waals surface area contributed by atoms with Crippen LogP contribution in [0, 0.1) is 0 Å². The quantitative estimate of drug-likeness (QED) is 0.434. The van der Waals surface area contributed by atoms with Crippen LogP contribution in [0.3, 0.4) is 0 Å². The number of carbonyl (C=O) groups is 1. The first-order valence-electron chi connectivity index (χ1n) is 10.0. The lowest BCUT2D eigenvalue weighted by Gasteiger charge is -2.18. The van der Waals surface area contributed by atoms with Gasteiger partial charge in [0.25, 0.3) is 5.91 Å². The molecule has 0 spiro atoms. The van der Waals surface area contributed by atoms with Crippen LogP contribution in [0.25, 0.3) is 10.2 Å². The smallest absolute Gasteiger partial charge is 0.255 e. The number of alkyl halides is 1. The molecule has 0 radical (unpaired) electrons. The van der Waals surface area contributed by atoms with Crippen molar-refractivity contribution in [2.45, 2.75) is 37.9 Å². The van der Waals surface area contributed by atoms with E-state index in [-0.39, 0.29) is 6.54 Å². The summed E-state index contributed by atoms with van der Waals surface area (Å²) in [5.74, 6) is 0.186. The number of pyridine rings is 1. The van der Waals surface area contributed by atoms with E-state index in [0.29, 0.717) is 23.1 Å². The van der Waals surface area contributed by atoms with Gasteiger partial charge < -0.3 is 21.1 Å². The van der Waals surface area contributed by atoms with Gasteiger partial charge in [0, 0.05) is 24.0 Å². The maximum Gasteiger partial charge on any atom is 0.255 e. The minimum absolute atomic E-state index is 0.243. The minimum Gasteiger partial charge on any atom is -0.393 e. The van der Waals surface area contributed by atoms with Crippen molar-refractivity contribution in [2.75, 3.05) is 23.8 Å². The number of nitrogens with zero attached hydrogens (tertiary/aromatic N) is 2. The number of aliphatic hydroxyl groups excluding tert-OH is 1. The summed E-state index contributed by atoms with van der Waals surface area (Å²) in [4.78, 5) is 21.2. The monoisotopic (exact) mass is 429 g/mol. The number of fused-ring (bicyclic) bond motifs is 1. The third kappa shape index (κ3) is 4.85. The molecule has 7 nitrogen and oxygen atoms in total. The fourth-order valence-corrected chi connectivity index (χ4v) is 4.27. The molecule has 1 amide bonds. The van der Waals surface area contributed by atoms with Gasteiger partial charge in [0.1, 0.15) is 12.0 Å². The maximum absolute atomic E-state index is 13.3. The average molecular weight is 430 g/mol. The van der Waals surface area contributed by atoms with Crippen molar-refractivity contribution in [3.63, 3.8) is 0 Å². The molecule has 2 heterocycles. The predicted octanol–water partition coefficient (Wildman–Crippen LogP) is 3.85. The van der Waals surface area contributed by atoms with Gasteiger partial charge in [-0.05, 0) is 31.0 Å². The largest absolute Gasteiger partial charge is 0.393 e. The minimum atomic E-state index is -1.49. The topological polar surface area (TPSA) is 99.2 Å². The van der Waals surface area contributed by atoms with E-state index in [1.54, 1.807) is 11.3 Å². The lowest BCUT2D eigenvalue weighted by Crippen LogP contribution is -2.32. The van der Waals surface area contributed by atoms with Gasteiger partial charge in [-0.15, -0.1) is 11.3 Å². The Morgan fingerprint density at radius 2 is 2.10 bits per heavy atom. The summed E-state index contributed by atoms with van der Waals surface area (Å²) in [6.45, 7) is -0.869. The van der Waals surface area contributed by atoms with E-state index in [1.807, 2.05) is 29.8 Å². The van der Waals surface area contributed by atoms with Crippen LogP contribution in [0.4, 0.5) is 21.6 Å². The first kappa shape index (κ1) is 20.5. The van der Waals surface area contributed by atoms with Crippen LogP contribution >= 0.6 is 11.3 Å². The molecule has 4 rings (SSSR count). The zero-order valence-electron chi connectivity index (χ0n) is 16.4. The number of rotatable bonds is 8. The summed E-state index contributed by atoms with van der Waals surface area (Å²) in [6, 6.07) is 8.00. The number of anilines is 3. The van der Waals surface area contributed by atoms with E-state index < -0.39 is 18.7 Å². The molecule has 1 aliphatic carbocycles. The van der Waals surface area contributed by atoms with Gasteiger partial charge in [0.15, 0.2) is 0 Å². The van der Waals surface area contributed by atoms with Crippen molar-refractivity contribution in [3.05, 3.63) is 41.5 Å². The number of thiazole rings is 1. The van der Waals surface area contributed by atoms with Crippen LogP contribution in [0.15, 0.2) is 36.0 Å². The highest BCUT2D eigenvalue weighted by molar-refractivity contribution is 7.16. The van der Waals surface area contributed by atoms with Gasteiger partial charge in [-0.3, -0.25) is 4.79 Å². The summed E-state index contributed by atoms with van der Waals surface area (Å²) in [6.07, 6.45) is 4.41. The number of hydrogen-bond acceptors (Lipinski definition) is 7. The molecule has 158 valence electrons. The Labute approximate surface area is 177 Å². The fourth-order valence-electron chi connectivity index (χ4n) is 3.56. The Balaban J connectivity index is 1.56. The second-order valence-corrected chi connectivity index (χ2v) is 8.28. The molecule has 0 saturated heterocycles. The van der Waals surface area contributed by atoms with Crippen LogP contribution in [-0.2, 0) is 0 Å². The van der Waals surface area contributed by atoms with Crippen molar-refractivity contribution in [3.8, 4) is 0 Å². The molecule has 1 atom stereocenters. The normalized spacial score (nSPS) is 15.3. The molecule has 9 heteroatoms. The van der Waals surface area contributed by atoms with Gasteiger partial charge in [0.2, 0.25) is 0 Å². The fraction of sp³-hybridized carbons (Fsp3) is 0.381. The maximum atomic E-state index is 13.3. The van der Waals surface area contributed by atoms with E-state index in [4.69, 9.17) is 5.11 Å². The van der Waals surface area contributed by atoms with Crippen LogP contribution in [0.5, 0.6) is 0 Å². The van der Waals surface area contributed by atoms with Crippen LogP contribution in [0.1, 0.15) is 36.0 Å². The van der Waals surface area contributed by atoms with Crippen molar-refractivity contribution < 1.29 is 14.3 Å². The van der Waals surface area contributed by atoms with E-state index in [1.165, 1.54) is 6.20 Å². The van der Waals surface area contributed by atoms with E-state index in [2.05, 4.69) is 25.9 Å². The molecular weight excluding hydrogens is 405 g/mol. The van der Waals surface area contributed by atoms with Gasteiger partial charge in [-0.1, -0.05) is 12.8 Å².